The van der Waals surface area contributed by atoms with Crippen LogP contribution in [0.15, 0.2) is 60.7 Å². The number of halogens is 1. The van der Waals surface area contributed by atoms with Crippen molar-refractivity contribution in [2.75, 3.05) is 13.1 Å². The Labute approximate surface area is 177 Å². The summed E-state index contributed by atoms with van der Waals surface area (Å²) < 4.78 is 21.9. The van der Waals surface area contributed by atoms with Gasteiger partial charge in [0.25, 0.3) is 0 Å². The smallest absolute Gasteiger partial charge is 0.328 e. The van der Waals surface area contributed by atoms with Crippen LogP contribution in [-0.4, -0.2) is 51.1 Å². The minimum absolute atomic E-state index is 0.156. The lowest BCUT2D eigenvalue weighted by molar-refractivity contribution is -0.134. The minimum Gasteiger partial charge on any atom is -0.478 e. The maximum absolute atomic E-state index is 14.2. The molecular formula is C22H22FN3O5. The Bertz CT molecular complexity index is 1070. The third-order valence-corrected chi connectivity index (χ3v) is 4.57. The van der Waals surface area contributed by atoms with E-state index in [2.05, 4.69) is 10.4 Å². The van der Waals surface area contributed by atoms with Crippen LogP contribution in [0.25, 0.3) is 16.6 Å². The number of nitrogens with zero attached hydrogens (tertiary/aromatic N) is 2. The Kier molecular flexibility index (Phi) is 7.34. The van der Waals surface area contributed by atoms with Crippen molar-refractivity contribution in [2.45, 2.75) is 18.9 Å². The molecule has 4 rings (SSSR count). The van der Waals surface area contributed by atoms with Gasteiger partial charge in [-0.15, -0.1) is 5.10 Å². The molecule has 8 nitrogen and oxygen atoms in total. The van der Waals surface area contributed by atoms with Crippen LogP contribution in [-0.2, 0) is 9.59 Å². The quantitative estimate of drug-likeness (QED) is 0.537. The number of piperidine rings is 1. The normalized spacial score (nSPS) is 14.2. The van der Waals surface area contributed by atoms with E-state index < -0.39 is 11.9 Å². The number of aromatic nitrogens is 2. The van der Waals surface area contributed by atoms with E-state index >= 15 is 0 Å². The highest BCUT2D eigenvalue weighted by atomic mass is 19.1. The van der Waals surface area contributed by atoms with Gasteiger partial charge in [-0.1, -0.05) is 24.3 Å². The van der Waals surface area contributed by atoms with Crippen LogP contribution in [0.4, 0.5) is 4.39 Å². The second-order valence-electron chi connectivity index (χ2n) is 6.76. The largest absolute Gasteiger partial charge is 0.478 e. The summed E-state index contributed by atoms with van der Waals surface area (Å²) in [5, 5.41) is 24.4. The first-order chi connectivity index (χ1) is 15.0. The van der Waals surface area contributed by atoms with E-state index in [1.807, 2.05) is 30.3 Å². The zero-order chi connectivity index (χ0) is 22.2. The molecule has 0 radical (unpaired) electrons. The Morgan fingerprint density at radius 1 is 1.03 bits per heavy atom. The molecule has 0 saturated carbocycles. The zero-order valence-corrected chi connectivity index (χ0v) is 16.6. The third-order valence-electron chi connectivity index (χ3n) is 4.57. The van der Waals surface area contributed by atoms with Gasteiger partial charge in [0.2, 0.25) is 5.88 Å². The number of benzene rings is 2. The van der Waals surface area contributed by atoms with E-state index in [9.17, 15) is 14.0 Å². The molecule has 1 fully saturated rings. The van der Waals surface area contributed by atoms with Crippen molar-refractivity contribution in [1.82, 2.24) is 15.1 Å². The number of nitrogens with one attached hydrogen (secondary N) is 1. The lowest BCUT2D eigenvalue weighted by Gasteiger charge is -2.22. The van der Waals surface area contributed by atoms with E-state index in [0.717, 1.165) is 36.8 Å². The van der Waals surface area contributed by atoms with Crippen molar-refractivity contribution in [3.8, 4) is 11.6 Å². The third kappa shape index (κ3) is 5.89. The van der Waals surface area contributed by atoms with Gasteiger partial charge in [-0.2, -0.15) is 0 Å². The summed E-state index contributed by atoms with van der Waals surface area (Å²) in [6.07, 6.45) is 3.19. The van der Waals surface area contributed by atoms with Gasteiger partial charge in [0.1, 0.15) is 17.6 Å². The summed E-state index contributed by atoms with van der Waals surface area (Å²) in [4.78, 5) is 19.1. The fourth-order valence-electron chi connectivity index (χ4n) is 3.15. The monoisotopic (exact) mass is 427 g/mol. The molecule has 31 heavy (non-hydrogen) atoms. The van der Waals surface area contributed by atoms with Crippen molar-refractivity contribution < 1.29 is 28.9 Å². The lowest BCUT2D eigenvalue weighted by atomic mass is 10.1. The molecule has 1 aliphatic heterocycles. The van der Waals surface area contributed by atoms with Crippen LogP contribution < -0.4 is 10.1 Å². The zero-order valence-electron chi connectivity index (χ0n) is 16.6. The van der Waals surface area contributed by atoms with E-state index in [4.69, 9.17) is 14.9 Å². The van der Waals surface area contributed by atoms with Crippen molar-refractivity contribution in [3.63, 3.8) is 0 Å². The van der Waals surface area contributed by atoms with Gasteiger partial charge in [0, 0.05) is 12.2 Å². The van der Waals surface area contributed by atoms with Crippen molar-refractivity contribution in [3.05, 3.63) is 66.5 Å². The Balaban J connectivity index is 0.000000293. The van der Waals surface area contributed by atoms with Gasteiger partial charge in [-0.3, -0.25) is 0 Å². The van der Waals surface area contributed by atoms with E-state index in [-0.39, 0.29) is 11.9 Å². The number of fused-ring (bicyclic) bond motifs is 1. The molecule has 162 valence electrons. The number of carbonyl (C=O) groups is 2. The highest BCUT2D eigenvalue weighted by Gasteiger charge is 2.20. The average Bonchev–Trinajstić information content (AvgIpc) is 3.12. The van der Waals surface area contributed by atoms with E-state index in [0.29, 0.717) is 23.7 Å². The molecule has 0 spiro atoms. The fourth-order valence-corrected chi connectivity index (χ4v) is 3.15. The molecule has 0 atom stereocenters. The Morgan fingerprint density at radius 3 is 2.29 bits per heavy atom. The maximum atomic E-state index is 14.2. The minimum atomic E-state index is -1.26. The van der Waals surface area contributed by atoms with Crippen LogP contribution in [0.2, 0.25) is 0 Å². The number of rotatable bonds is 5. The molecule has 0 bridgehead atoms. The van der Waals surface area contributed by atoms with Gasteiger partial charge >= 0.3 is 11.9 Å². The molecule has 1 aromatic heterocycles. The number of carboxylic acid groups (broad SMARTS) is 2. The second-order valence-corrected chi connectivity index (χ2v) is 6.76. The highest BCUT2D eigenvalue weighted by molar-refractivity contribution is 5.89. The van der Waals surface area contributed by atoms with Crippen LogP contribution in [0.1, 0.15) is 12.8 Å². The molecule has 1 aliphatic rings. The second kappa shape index (κ2) is 10.4. The Hall–Kier alpha value is -3.72. The van der Waals surface area contributed by atoms with Crippen molar-refractivity contribution in [1.29, 1.82) is 0 Å². The number of aliphatic carboxylic acids is 2. The fraction of sp³-hybridized carbons (Fsp3) is 0.227. The predicted molar refractivity (Wildman–Crippen MR) is 112 cm³/mol. The van der Waals surface area contributed by atoms with Gasteiger partial charge in [-0.25, -0.2) is 18.7 Å². The van der Waals surface area contributed by atoms with Crippen LogP contribution >= 0.6 is 0 Å². The van der Waals surface area contributed by atoms with Crippen LogP contribution in [0.3, 0.4) is 0 Å². The van der Waals surface area contributed by atoms with E-state index in [1.54, 1.807) is 16.8 Å². The molecule has 2 aromatic carbocycles. The highest BCUT2D eigenvalue weighted by Crippen LogP contribution is 2.29. The van der Waals surface area contributed by atoms with Crippen molar-refractivity contribution >= 4 is 22.8 Å². The van der Waals surface area contributed by atoms with Crippen LogP contribution in [0, 0.1) is 5.82 Å². The topological polar surface area (TPSA) is 114 Å². The van der Waals surface area contributed by atoms with Gasteiger partial charge in [-0.05, 0) is 50.2 Å². The summed E-state index contributed by atoms with van der Waals surface area (Å²) >= 11 is 0. The Morgan fingerprint density at radius 2 is 1.65 bits per heavy atom. The molecule has 3 N–H and O–H groups in total. The standard InChI is InChI=1S/C18H18FN3O.C4H4O4/c19-15-6-2-4-8-17(15)22-16-7-3-1-5-14(16)18(21-22)23-13-9-11-20-12-10-13;5-3(6)1-2-4(7)8/h1-8,13,20H,9-12H2;1-2H,(H,5,6)(H,7,8). The van der Waals surface area contributed by atoms with Gasteiger partial charge in [0.15, 0.2) is 0 Å². The van der Waals surface area contributed by atoms with Gasteiger partial charge in [0.05, 0.1) is 10.9 Å². The SMILES string of the molecule is Fc1ccccc1-n1nc(OC2CCNCC2)c2ccccc21.O=C(O)C=CC(=O)O. The van der Waals surface area contributed by atoms with E-state index in [1.165, 1.54) is 6.07 Å². The number of hydrogen-bond donors (Lipinski definition) is 3. The first kappa shape index (κ1) is 22.0. The average molecular weight is 427 g/mol. The first-order valence-electron chi connectivity index (χ1n) is 9.69. The molecular weight excluding hydrogens is 405 g/mol. The molecule has 0 amide bonds. The first-order valence-corrected chi connectivity index (χ1v) is 9.69. The summed E-state index contributed by atoms with van der Waals surface area (Å²) in [5.74, 6) is -2.23. The summed E-state index contributed by atoms with van der Waals surface area (Å²) in [5.41, 5.74) is 1.28. The lowest BCUT2D eigenvalue weighted by Crippen LogP contribution is -2.34. The molecule has 2 heterocycles. The predicted octanol–water partition coefficient (Wildman–Crippen LogP) is 3.01. The van der Waals surface area contributed by atoms with Crippen molar-refractivity contribution in [2.24, 2.45) is 0 Å². The van der Waals surface area contributed by atoms with Crippen LogP contribution in [0.5, 0.6) is 5.88 Å². The molecule has 1 saturated heterocycles. The number of para-hydroxylation sites is 2. The molecule has 3 aromatic rings. The maximum Gasteiger partial charge on any atom is 0.328 e. The molecule has 0 aliphatic carbocycles. The number of ether oxygens (including phenoxy) is 1. The molecule has 9 heteroatoms. The number of carboxylic acids is 2. The summed E-state index contributed by atoms with van der Waals surface area (Å²) in [7, 11) is 0. The molecule has 0 unspecified atom stereocenters. The number of hydrogen-bond acceptors (Lipinski definition) is 5. The summed E-state index contributed by atoms with van der Waals surface area (Å²) in [6.45, 7) is 1.91. The van der Waals surface area contributed by atoms with Gasteiger partial charge < -0.3 is 20.3 Å². The summed E-state index contributed by atoms with van der Waals surface area (Å²) in [6, 6.07) is 14.4.